The summed E-state index contributed by atoms with van der Waals surface area (Å²) in [6.07, 6.45) is 0.443. The zero-order valence-corrected chi connectivity index (χ0v) is 9.16. The molecule has 0 atom stereocenters. The van der Waals surface area contributed by atoms with Gasteiger partial charge in [-0.3, -0.25) is 4.79 Å². The number of carbonyl (C=O) groups is 1. The van der Waals surface area contributed by atoms with E-state index in [9.17, 15) is 4.79 Å². The maximum absolute atomic E-state index is 10.7. The zero-order chi connectivity index (χ0) is 11.1. The lowest BCUT2D eigenvalue weighted by Gasteiger charge is -2.07. The van der Waals surface area contributed by atoms with Crippen molar-refractivity contribution >= 4 is 5.78 Å². The van der Waals surface area contributed by atoms with E-state index in [1.54, 1.807) is 6.92 Å². The summed E-state index contributed by atoms with van der Waals surface area (Å²) in [4.78, 5) is 10.7. The molecule has 82 valence electrons. The molecule has 3 heteroatoms. The van der Waals surface area contributed by atoms with Crippen LogP contribution in [0.15, 0.2) is 24.3 Å². The Balaban J connectivity index is 2.46. The van der Waals surface area contributed by atoms with E-state index in [0.29, 0.717) is 19.6 Å². The minimum Gasteiger partial charge on any atom is -0.494 e. The van der Waals surface area contributed by atoms with Crippen molar-refractivity contribution in [1.82, 2.24) is 0 Å². The van der Waals surface area contributed by atoms with Crippen LogP contribution < -0.4 is 9.47 Å². The standard InChI is InChI=1S/C12H16O3/c1-3-14-11-5-4-6-12(9-11)15-8-7-10(2)13/h4-6,9H,3,7-8H2,1-2H3. The topological polar surface area (TPSA) is 35.5 Å². The molecule has 0 N–H and O–H groups in total. The van der Waals surface area contributed by atoms with Gasteiger partial charge in [0.1, 0.15) is 17.3 Å². The molecule has 1 rings (SSSR count). The monoisotopic (exact) mass is 208 g/mol. The first-order valence-corrected chi connectivity index (χ1v) is 5.07. The Labute approximate surface area is 90.0 Å². The lowest BCUT2D eigenvalue weighted by Crippen LogP contribution is -2.02. The fourth-order valence-electron chi connectivity index (χ4n) is 1.13. The van der Waals surface area contributed by atoms with Crippen molar-refractivity contribution in [3.05, 3.63) is 24.3 Å². The Hall–Kier alpha value is -1.51. The highest BCUT2D eigenvalue weighted by atomic mass is 16.5. The molecule has 0 aliphatic heterocycles. The Kier molecular flexibility index (Phi) is 4.68. The van der Waals surface area contributed by atoms with Gasteiger partial charge < -0.3 is 9.47 Å². The molecule has 0 heterocycles. The quantitative estimate of drug-likeness (QED) is 0.720. The van der Waals surface area contributed by atoms with E-state index < -0.39 is 0 Å². The van der Waals surface area contributed by atoms with Crippen molar-refractivity contribution in [1.29, 1.82) is 0 Å². The van der Waals surface area contributed by atoms with E-state index in [4.69, 9.17) is 9.47 Å². The van der Waals surface area contributed by atoms with Gasteiger partial charge in [-0.15, -0.1) is 0 Å². The molecular weight excluding hydrogens is 192 g/mol. The number of ketones is 1. The third-order valence-electron chi connectivity index (χ3n) is 1.84. The molecule has 0 saturated carbocycles. The minimum absolute atomic E-state index is 0.135. The molecule has 1 aromatic carbocycles. The van der Waals surface area contributed by atoms with E-state index >= 15 is 0 Å². The van der Waals surface area contributed by atoms with Crippen LogP contribution in [0.5, 0.6) is 11.5 Å². The maximum Gasteiger partial charge on any atom is 0.133 e. The van der Waals surface area contributed by atoms with Crippen LogP contribution in [-0.2, 0) is 4.79 Å². The molecule has 0 unspecified atom stereocenters. The minimum atomic E-state index is 0.135. The van der Waals surface area contributed by atoms with Crippen molar-refractivity contribution in [3.63, 3.8) is 0 Å². The number of benzene rings is 1. The molecule has 0 fully saturated rings. The van der Waals surface area contributed by atoms with Gasteiger partial charge in [0.05, 0.1) is 13.2 Å². The summed E-state index contributed by atoms with van der Waals surface area (Å²) in [6.45, 7) is 4.55. The number of rotatable bonds is 6. The Morgan fingerprint density at radius 3 is 2.53 bits per heavy atom. The number of Topliss-reactive ketones (excluding diaryl/α,β-unsaturated/α-hetero) is 1. The predicted octanol–water partition coefficient (Wildman–Crippen LogP) is 2.44. The molecule has 3 nitrogen and oxygen atoms in total. The average Bonchev–Trinajstić information content (AvgIpc) is 2.18. The highest BCUT2D eigenvalue weighted by Crippen LogP contribution is 2.19. The molecule has 15 heavy (non-hydrogen) atoms. The molecule has 1 aromatic rings. The second kappa shape index (κ2) is 6.06. The van der Waals surface area contributed by atoms with E-state index in [2.05, 4.69) is 0 Å². The number of carbonyl (C=O) groups excluding carboxylic acids is 1. The number of hydrogen-bond donors (Lipinski definition) is 0. The van der Waals surface area contributed by atoms with Crippen molar-refractivity contribution in [2.24, 2.45) is 0 Å². The van der Waals surface area contributed by atoms with Crippen molar-refractivity contribution in [2.45, 2.75) is 20.3 Å². The third kappa shape index (κ3) is 4.49. The van der Waals surface area contributed by atoms with Crippen LogP contribution in [0.25, 0.3) is 0 Å². The van der Waals surface area contributed by atoms with Gasteiger partial charge in [-0.2, -0.15) is 0 Å². The smallest absolute Gasteiger partial charge is 0.133 e. The van der Waals surface area contributed by atoms with E-state index in [1.165, 1.54) is 0 Å². The fraction of sp³-hybridized carbons (Fsp3) is 0.417. The molecule has 0 saturated heterocycles. The molecule has 0 spiro atoms. The summed E-state index contributed by atoms with van der Waals surface area (Å²) >= 11 is 0. The Bertz CT molecular complexity index is 320. The normalized spacial score (nSPS) is 9.73. The molecule has 0 aromatic heterocycles. The zero-order valence-electron chi connectivity index (χ0n) is 9.16. The van der Waals surface area contributed by atoms with Crippen molar-refractivity contribution in [2.75, 3.05) is 13.2 Å². The molecule has 0 bridgehead atoms. The van der Waals surface area contributed by atoms with Gasteiger partial charge in [0.15, 0.2) is 0 Å². The van der Waals surface area contributed by atoms with Gasteiger partial charge in [-0.1, -0.05) is 6.07 Å². The molecular formula is C12H16O3. The molecule has 0 aliphatic carbocycles. The number of hydrogen-bond acceptors (Lipinski definition) is 3. The lowest BCUT2D eigenvalue weighted by molar-refractivity contribution is -0.117. The highest BCUT2D eigenvalue weighted by molar-refractivity contribution is 5.75. The van der Waals surface area contributed by atoms with Crippen molar-refractivity contribution < 1.29 is 14.3 Å². The van der Waals surface area contributed by atoms with Crippen LogP contribution >= 0.6 is 0 Å². The van der Waals surface area contributed by atoms with Crippen LogP contribution in [0.3, 0.4) is 0 Å². The van der Waals surface area contributed by atoms with Crippen LogP contribution in [0, 0.1) is 0 Å². The van der Waals surface area contributed by atoms with Crippen LogP contribution in [-0.4, -0.2) is 19.0 Å². The first-order valence-electron chi connectivity index (χ1n) is 5.07. The fourth-order valence-corrected chi connectivity index (χ4v) is 1.13. The Morgan fingerprint density at radius 1 is 1.27 bits per heavy atom. The van der Waals surface area contributed by atoms with Gasteiger partial charge in [0, 0.05) is 12.5 Å². The van der Waals surface area contributed by atoms with Gasteiger partial charge in [-0.05, 0) is 26.0 Å². The largest absolute Gasteiger partial charge is 0.494 e. The maximum atomic E-state index is 10.7. The highest BCUT2D eigenvalue weighted by Gasteiger charge is 1.98. The third-order valence-corrected chi connectivity index (χ3v) is 1.84. The average molecular weight is 208 g/mol. The van der Waals surface area contributed by atoms with Crippen LogP contribution in [0.4, 0.5) is 0 Å². The molecule has 0 amide bonds. The first kappa shape index (κ1) is 11.6. The lowest BCUT2D eigenvalue weighted by atomic mass is 10.3. The van der Waals surface area contributed by atoms with Crippen LogP contribution in [0.1, 0.15) is 20.3 Å². The first-order chi connectivity index (χ1) is 7.22. The Morgan fingerprint density at radius 2 is 1.93 bits per heavy atom. The summed E-state index contributed by atoms with van der Waals surface area (Å²) < 4.78 is 10.7. The molecule has 0 radical (unpaired) electrons. The van der Waals surface area contributed by atoms with Crippen LogP contribution in [0.2, 0.25) is 0 Å². The van der Waals surface area contributed by atoms with E-state index in [-0.39, 0.29) is 5.78 Å². The summed E-state index contributed by atoms with van der Waals surface area (Å²) in [5, 5.41) is 0. The van der Waals surface area contributed by atoms with Gasteiger partial charge in [0.25, 0.3) is 0 Å². The van der Waals surface area contributed by atoms with E-state index in [1.807, 2.05) is 31.2 Å². The summed E-state index contributed by atoms with van der Waals surface area (Å²) in [5.41, 5.74) is 0. The summed E-state index contributed by atoms with van der Waals surface area (Å²) in [7, 11) is 0. The number of ether oxygens (including phenoxy) is 2. The predicted molar refractivity (Wildman–Crippen MR) is 58.4 cm³/mol. The van der Waals surface area contributed by atoms with Gasteiger partial charge >= 0.3 is 0 Å². The van der Waals surface area contributed by atoms with Crippen molar-refractivity contribution in [3.8, 4) is 11.5 Å². The molecule has 0 aliphatic rings. The van der Waals surface area contributed by atoms with Gasteiger partial charge in [-0.25, -0.2) is 0 Å². The summed E-state index contributed by atoms with van der Waals surface area (Å²) in [5.74, 6) is 1.66. The SMILES string of the molecule is CCOc1cccc(OCCC(C)=O)c1. The summed E-state index contributed by atoms with van der Waals surface area (Å²) in [6, 6.07) is 7.42. The van der Waals surface area contributed by atoms with Gasteiger partial charge in [0.2, 0.25) is 0 Å². The van der Waals surface area contributed by atoms with E-state index in [0.717, 1.165) is 11.5 Å². The second-order valence-electron chi connectivity index (χ2n) is 3.21. The second-order valence-corrected chi connectivity index (χ2v) is 3.21.